The predicted molar refractivity (Wildman–Crippen MR) is 79.0 cm³/mol. The SMILES string of the molecule is CCOc1ccc(N2CCNCC23CCCC3)cc1. The lowest BCUT2D eigenvalue weighted by molar-refractivity contribution is 0.331. The summed E-state index contributed by atoms with van der Waals surface area (Å²) in [6.07, 6.45) is 5.39. The second-order valence-corrected chi connectivity index (χ2v) is 5.69. The van der Waals surface area contributed by atoms with Crippen molar-refractivity contribution >= 4 is 5.69 Å². The Kier molecular flexibility index (Phi) is 3.65. The Balaban J connectivity index is 1.82. The number of hydrogen-bond donors (Lipinski definition) is 1. The lowest BCUT2D eigenvalue weighted by atomic mass is 9.92. The summed E-state index contributed by atoms with van der Waals surface area (Å²) in [5.74, 6) is 0.974. The third kappa shape index (κ3) is 2.44. The number of anilines is 1. The van der Waals surface area contributed by atoms with Crippen LogP contribution in [0.25, 0.3) is 0 Å². The third-order valence-corrected chi connectivity index (χ3v) is 4.53. The van der Waals surface area contributed by atoms with Crippen LogP contribution in [0.15, 0.2) is 24.3 Å². The molecule has 2 aliphatic rings. The Morgan fingerprint density at radius 2 is 1.95 bits per heavy atom. The highest BCUT2D eigenvalue weighted by molar-refractivity contribution is 5.52. The van der Waals surface area contributed by atoms with E-state index in [2.05, 4.69) is 34.5 Å². The van der Waals surface area contributed by atoms with Crippen LogP contribution in [0.1, 0.15) is 32.6 Å². The zero-order valence-corrected chi connectivity index (χ0v) is 11.8. The van der Waals surface area contributed by atoms with Crippen LogP contribution in [0.4, 0.5) is 5.69 Å². The predicted octanol–water partition coefficient (Wildman–Crippen LogP) is 2.81. The minimum Gasteiger partial charge on any atom is -0.494 e. The standard InChI is InChI=1S/C16H24N2O/c1-2-19-15-7-5-14(6-8-15)18-12-11-17-13-16(18)9-3-4-10-16/h5-8,17H,2-4,9-13H2,1H3. The molecule has 0 amide bonds. The number of nitrogens with one attached hydrogen (secondary N) is 1. The number of piperazine rings is 1. The molecule has 2 fully saturated rings. The van der Waals surface area contributed by atoms with Gasteiger partial charge in [-0.05, 0) is 44.0 Å². The topological polar surface area (TPSA) is 24.5 Å². The summed E-state index contributed by atoms with van der Waals surface area (Å²) in [6.45, 7) is 6.11. The maximum Gasteiger partial charge on any atom is 0.119 e. The molecule has 3 nitrogen and oxygen atoms in total. The molecule has 1 heterocycles. The van der Waals surface area contributed by atoms with E-state index in [0.29, 0.717) is 5.54 Å². The summed E-state index contributed by atoms with van der Waals surface area (Å²) in [5, 5.41) is 3.58. The van der Waals surface area contributed by atoms with Crippen LogP contribution in [-0.4, -0.2) is 31.8 Å². The van der Waals surface area contributed by atoms with Crippen molar-refractivity contribution in [2.24, 2.45) is 0 Å². The lowest BCUT2D eigenvalue weighted by Gasteiger charge is -2.47. The highest BCUT2D eigenvalue weighted by atomic mass is 16.5. The van der Waals surface area contributed by atoms with Crippen molar-refractivity contribution in [3.63, 3.8) is 0 Å². The molecule has 1 aromatic carbocycles. The van der Waals surface area contributed by atoms with Crippen LogP contribution >= 0.6 is 0 Å². The Hall–Kier alpha value is -1.22. The van der Waals surface area contributed by atoms with Crippen molar-refractivity contribution in [1.82, 2.24) is 5.32 Å². The molecule has 0 aromatic heterocycles. The van der Waals surface area contributed by atoms with E-state index < -0.39 is 0 Å². The van der Waals surface area contributed by atoms with Crippen LogP contribution in [0.3, 0.4) is 0 Å². The summed E-state index contributed by atoms with van der Waals surface area (Å²) in [7, 11) is 0. The van der Waals surface area contributed by atoms with Gasteiger partial charge >= 0.3 is 0 Å². The van der Waals surface area contributed by atoms with Gasteiger partial charge in [-0.15, -0.1) is 0 Å². The number of hydrogen-bond acceptors (Lipinski definition) is 3. The number of ether oxygens (including phenoxy) is 1. The molecule has 1 aliphatic carbocycles. The molecule has 1 aliphatic heterocycles. The number of benzene rings is 1. The molecule has 3 rings (SSSR count). The zero-order valence-electron chi connectivity index (χ0n) is 11.8. The molecule has 1 spiro atoms. The maximum atomic E-state index is 5.53. The van der Waals surface area contributed by atoms with E-state index in [1.54, 1.807) is 0 Å². The Bertz CT molecular complexity index is 409. The largest absolute Gasteiger partial charge is 0.494 e. The first-order valence-corrected chi connectivity index (χ1v) is 7.55. The van der Waals surface area contributed by atoms with Crippen molar-refractivity contribution in [3.8, 4) is 5.75 Å². The minimum absolute atomic E-state index is 0.366. The minimum atomic E-state index is 0.366. The molecule has 19 heavy (non-hydrogen) atoms. The monoisotopic (exact) mass is 260 g/mol. The van der Waals surface area contributed by atoms with E-state index in [1.165, 1.54) is 31.4 Å². The van der Waals surface area contributed by atoms with E-state index in [9.17, 15) is 0 Å². The van der Waals surface area contributed by atoms with Gasteiger partial charge in [-0.25, -0.2) is 0 Å². The molecular formula is C16H24N2O. The lowest BCUT2D eigenvalue weighted by Crippen LogP contribution is -2.60. The highest BCUT2D eigenvalue weighted by Crippen LogP contribution is 2.39. The first-order chi connectivity index (χ1) is 9.34. The fourth-order valence-electron chi connectivity index (χ4n) is 3.62. The molecule has 0 radical (unpaired) electrons. The van der Waals surface area contributed by atoms with E-state index >= 15 is 0 Å². The first-order valence-electron chi connectivity index (χ1n) is 7.55. The van der Waals surface area contributed by atoms with E-state index in [1.807, 2.05) is 6.92 Å². The molecule has 3 heteroatoms. The normalized spacial score (nSPS) is 21.8. The van der Waals surface area contributed by atoms with Gasteiger partial charge in [-0.2, -0.15) is 0 Å². The number of nitrogens with zero attached hydrogens (tertiary/aromatic N) is 1. The quantitative estimate of drug-likeness (QED) is 0.904. The van der Waals surface area contributed by atoms with Gasteiger partial charge in [-0.3, -0.25) is 0 Å². The first kappa shape index (κ1) is 12.8. The summed E-state index contributed by atoms with van der Waals surface area (Å²) in [4.78, 5) is 2.63. The van der Waals surface area contributed by atoms with Crippen molar-refractivity contribution in [2.75, 3.05) is 31.1 Å². The average molecular weight is 260 g/mol. The Morgan fingerprint density at radius 1 is 1.21 bits per heavy atom. The highest BCUT2D eigenvalue weighted by Gasteiger charge is 2.41. The molecule has 0 atom stereocenters. The fourth-order valence-corrected chi connectivity index (χ4v) is 3.62. The summed E-state index contributed by atoms with van der Waals surface area (Å²) in [5.41, 5.74) is 1.72. The van der Waals surface area contributed by atoms with Gasteiger partial charge in [0.1, 0.15) is 5.75 Å². The van der Waals surface area contributed by atoms with Gasteiger partial charge < -0.3 is 15.0 Å². The molecule has 1 saturated heterocycles. The second-order valence-electron chi connectivity index (χ2n) is 5.69. The molecule has 1 N–H and O–H groups in total. The van der Waals surface area contributed by atoms with Crippen molar-refractivity contribution in [2.45, 2.75) is 38.1 Å². The van der Waals surface area contributed by atoms with E-state index in [-0.39, 0.29) is 0 Å². The maximum absolute atomic E-state index is 5.53. The van der Waals surface area contributed by atoms with Crippen molar-refractivity contribution < 1.29 is 4.74 Å². The zero-order chi connectivity index (χ0) is 13.1. The van der Waals surface area contributed by atoms with Gasteiger partial charge in [-0.1, -0.05) is 12.8 Å². The van der Waals surface area contributed by atoms with Gasteiger partial charge in [0.15, 0.2) is 0 Å². The van der Waals surface area contributed by atoms with E-state index in [4.69, 9.17) is 4.74 Å². The fraction of sp³-hybridized carbons (Fsp3) is 0.625. The molecule has 0 unspecified atom stereocenters. The molecule has 104 valence electrons. The van der Waals surface area contributed by atoms with Crippen molar-refractivity contribution in [1.29, 1.82) is 0 Å². The smallest absolute Gasteiger partial charge is 0.119 e. The summed E-state index contributed by atoms with van der Waals surface area (Å²) in [6, 6.07) is 8.64. The summed E-state index contributed by atoms with van der Waals surface area (Å²) < 4.78 is 5.53. The molecule has 0 bridgehead atoms. The average Bonchev–Trinajstić information content (AvgIpc) is 2.90. The van der Waals surface area contributed by atoms with Gasteiger partial charge in [0.25, 0.3) is 0 Å². The van der Waals surface area contributed by atoms with Crippen LogP contribution in [0, 0.1) is 0 Å². The van der Waals surface area contributed by atoms with Crippen LogP contribution in [0.5, 0.6) is 5.75 Å². The third-order valence-electron chi connectivity index (χ3n) is 4.53. The van der Waals surface area contributed by atoms with Crippen molar-refractivity contribution in [3.05, 3.63) is 24.3 Å². The second kappa shape index (κ2) is 5.41. The van der Waals surface area contributed by atoms with Gasteiger partial charge in [0.05, 0.1) is 12.1 Å². The van der Waals surface area contributed by atoms with Crippen LogP contribution in [-0.2, 0) is 0 Å². The Morgan fingerprint density at radius 3 is 2.63 bits per heavy atom. The van der Waals surface area contributed by atoms with Gasteiger partial charge in [0, 0.05) is 25.3 Å². The number of rotatable bonds is 3. The molecular weight excluding hydrogens is 236 g/mol. The molecule has 1 aromatic rings. The van der Waals surface area contributed by atoms with Crippen LogP contribution in [0.2, 0.25) is 0 Å². The van der Waals surface area contributed by atoms with E-state index in [0.717, 1.165) is 32.0 Å². The Labute approximate surface area is 115 Å². The van der Waals surface area contributed by atoms with Gasteiger partial charge in [0.2, 0.25) is 0 Å². The summed E-state index contributed by atoms with van der Waals surface area (Å²) >= 11 is 0. The molecule has 1 saturated carbocycles. The van der Waals surface area contributed by atoms with Crippen LogP contribution < -0.4 is 15.0 Å².